The van der Waals surface area contributed by atoms with Crippen molar-refractivity contribution in [2.75, 3.05) is 13.2 Å². The van der Waals surface area contributed by atoms with Crippen LogP contribution in [0.25, 0.3) is 0 Å². The van der Waals surface area contributed by atoms with Crippen molar-refractivity contribution in [1.29, 1.82) is 0 Å². The molecule has 0 radical (unpaired) electrons. The van der Waals surface area contributed by atoms with Gasteiger partial charge in [-0.05, 0) is 148 Å². The van der Waals surface area contributed by atoms with E-state index in [2.05, 4.69) is 203 Å². The summed E-state index contributed by atoms with van der Waals surface area (Å²) in [6.07, 6.45) is 102. The highest BCUT2D eigenvalue weighted by Crippen LogP contribution is 2.13. The number of ether oxygens (including phenoxy) is 3. The maximum absolute atomic E-state index is 12.9. The van der Waals surface area contributed by atoms with Gasteiger partial charge >= 0.3 is 17.9 Å². The van der Waals surface area contributed by atoms with Gasteiger partial charge in [0.05, 0.1) is 0 Å². The summed E-state index contributed by atoms with van der Waals surface area (Å²) in [6, 6.07) is 0. The summed E-state index contributed by atoms with van der Waals surface area (Å²) in [5.74, 6) is -1.05. The number of hydrogen-bond donors (Lipinski definition) is 0. The number of carbonyl (C=O) groups is 3. The van der Waals surface area contributed by atoms with E-state index in [-0.39, 0.29) is 44.0 Å². The molecule has 0 fully saturated rings. The summed E-state index contributed by atoms with van der Waals surface area (Å²) in [6.45, 7) is 6.19. The van der Waals surface area contributed by atoms with Crippen LogP contribution in [0.15, 0.2) is 194 Å². The van der Waals surface area contributed by atoms with E-state index >= 15 is 0 Å². The highest BCUT2D eigenvalue weighted by Gasteiger charge is 2.19. The molecule has 0 aliphatic rings. The Bertz CT molecular complexity index is 1950. The summed E-state index contributed by atoms with van der Waals surface area (Å²) in [4.78, 5) is 38.2. The number of hydrogen-bond acceptors (Lipinski definition) is 6. The van der Waals surface area contributed by atoms with Gasteiger partial charge in [0.1, 0.15) is 13.2 Å². The maximum Gasteiger partial charge on any atom is 0.306 e. The predicted molar refractivity (Wildman–Crippen MR) is 352 cm³/mol. The molecular weight excluding hydrogens is 997 g/mol. The van der Waals surface area contributed by atoms with E-state index in [1.54, 1.807) is 0 Å². The van der Waals surface area contributed by atoms with Gasteiger partial charge in [0, 0.05) is 19.3 Å². The van der Waals surface area contributed by atoms with Gasteiger partial charge in [0.25, 0.3) is 0 Å². The van der Waals surface area contributed by atoms with Crippen molar-refractivity contribution < 1.29 is 28.6 Å². The second-order valence-corrected chi connectivity index (χ2v) is 20.2. The fourth-order valence-corrected chi connectivity index (χ4v) is 7.93. The predicted octanol–water partition coefficient (Wildman–Crippen LogP) is 22.2. The van der Waals surface area contributed by atoms with Gasteiger partial charge in [-0.2, -0.15) is 0 Å². The van der Waals surface area contributed by atoms with Crippen molar-refractivity contribution in [2.45, 2.75) is 245 Å². The third kappa shape index (κ3) is 64.9. The zero-order chi connectivity index (χ0) is 58.5. The molecule has 6 heteroatoms. The summed E-state index contributed by atoms with van der Waals surface area (Å²) in [7, 11) is 0. The molecule has 0 aromatic rings. The molecular formula is C75H114O6. The van der Waals surface area contributed by atoms with E-state index in [4.69, 9.17) is 14.2 Å². The Labute approximate surface area is 497 Å². The van der Waals surface area contributed by atoms with Gasteiger partial charge in [-0.15, -0.1) is 0 Å². The van der Waals surface area contributed by atoms with Crippen LogP contribution in [0.3, 0.4) is 0 Å². The van der Waals surface area contributed by atoms with Crippen LogP contribution in [0.5, 0.6) is 0 Å². The first-order chi connectivity index (χ1) is 40.0. The van der Waals surface area contributed by atoms with Crippen LogP contribution in [0.1, 0.15) is 239 Å². The first-order valence-electron chi connectivity index (χ1n) is 31.9. The second kappa shape index (κ2) is 66.8. The van der Waals surface area contributed by atoms with Crippen LogP contribution in [0.4, 0.5) is 0 Å². The van der Waals surface area contributed by atoms with Crippen LogP contribution < -0.4 is 0 Å². The van der Waals surface area contributed by atoms with E-state index in [1.807, 2.05) is 12.2 Å². The number of unbranched alkanes of at least 4 members (excludes halogenated alkanes) is 12. The Morgan fingerprint density at radius 3 is 0.765 bits per heavy atom. The van der Waals surface area contributed by atoms with Crippen LogP contribution in [-0.4, -0.2) is 37.2 Å². The van der Waals surface area contributed by atoms with Gasteiger partial charge in [-0.1, -0.05) is 267 Å². The summed E-state index contributed by atoms with van der Waals surface area (Å²) in [5.41, 5.74) is 0. The maximum atomic E-state index is 12.9. The quantitative estimate of drug-likeness (QED) is 0.0261. The Morgan fingerprint density at radius 1 is 0.247 bits per heavy atom. The fraction of sp³-hybridized carbons (Fsp3) is 0.533. The average Bonchev–Trinajstić information content (AvgIpc) is 3.46. The zero-order valence-corrected chi connectivity index (χ0v) is 51.5. The molecule has 6 nitrogen and oxygen atoms in total. The molecule has 0 amide bonds. The summed E-state index contributed by atoms with van der Waals surface area (Å²) < 4.78 is 16.8. The van der Waals surface area contributed by atoms with Crippen molar-refractivity contribution >= 4 is 17.9 Å². The number of allylic oxidation sites excluding steroid dienone is 32. The molecule has 1 atom stereocenters. The SMILES string of the molecule is CC/C=C\C/C=C\C/C=C\C/C=C\C/C=C\C/C=C\C/C=C\C/C=C\C/C=C\CCCCCCCC(=O)OCC(COC(=O)CC/C=C\C/C=C\C/C=C\C/C=C\CC)OC(=O)CCCCCCCCC/C=C\C/C=C\C/C=C\CC. The molecule has 0 rings (SSSR count). The smallest absolute Gasteiger partial charge is 0.306 e. The van der Waals surface area contributed by atoms with Crippen molar-refractivity contribution in [3.63, 3.8) is 0 Å². The van der Waals surface area contributed by atoms with Crippen LogP contribution in [-0.2, 0) is 28.6 Å². The summed E-state index contributed by atoms with van der Waals surface area (Å²) in [5, 5.41) is 0. The van der Waals surface area contributed by atoms with Gasteiger partial charge in [-0.3, -0.25) is 14.4 Å². The Hall–Kier alpha value is -5.75. The number of carbonyl (C=O) groups excluding carboxylic acids is 3. The van der Waals surface area contributed by atoms with E-state index in [0.717, 1.165) is 173 Å². The molecule has 0 saturated carbocycles. The van der Waals surface area contributed by atoms with E-state index in [0.29, 0.717) is 12.8 Å². The molecule has 0 saturated heterocycles. The van der Waals surface area contributed by atoms with Gasteiger partial charge in [0.15, 0.2) is 6.10 Å². The van der Waals surface area contributed by atoms with Gasteiger partial charge < -0.3 is 14.2 Å². The fourth-order valence-electron chi connectivity index (χ4n) is 7.93. The standard InChI is InChI=1S/C75H114O6/c1-4-7-10-13-16-19-22-25-27-29-30-31-32-33-34-35-36-37-38-39-40-41-42-43-44-46-47-50-53-56-59-62-65-68-74(77)80-71-72(70-79-73(76)67-64-61-58-55-52-49-24-21-18-15-12-9-6-3)81-75(78)69-66-63-60-57-54-51-48-45-28-26-23-20-17-14-11-8-5-2/h7-12,16-21,25-28,30-31,33-34,36-37,39-40,42-43,46-47,49,52,58,61,72H,4-6,13-15,22-24,29,32,35,38,41,44-45,48,50-51,53-57,59-60,62-71H2,1-3H3/b10-7-,11-8-,12-9-,19-16-,20-17-,21-18-,27-25-,28-26-,31-30-,34-33-,37-36-,40-39-,43-42-,47-46-,52-49-,61-58-. The van der Waals surface area contributed by atoms with Crippen molar-refractivity contribution in [1.82, 2.24) is 0 Å². The Balaban J connectivity index is 4.41. The minimum Gasteiger partial charge on any atom is -0.462 e. The van der Waals surface area contributed by atoms with Gasteiger partial charge in [-0.25, -0.2) is 0 Å². The lowest BCUT2D eigenvalue weighted by molar-refractivity contribution is -0.166. The average molecular weight is 1110 g/mol. The first-order valence-corrected chi connectivity index (χ1v) is 31.9. The van der Waals surface area contributed by atoms with E-state index < -0.39 is 6.10 Å². The third-order valence-electron chi connectivity index (χ3n) is 12.6. The van der Waals surface area contributed by atoms with Crippen molar-refractivity contribution in [3.05, 3.63) is 194 Å². The minimum atomic E-state index is -0.833. The van der Waals surface area contributed by atoms with E-state index in [1.165, 1.54) is 19.3 Å². The molecule has 0 aromatic carbocycles. The normalized spacial score (nSPS) is 13.5. The molecule has 0 aliphatic carbocycles. The number of rotatable bonds is 55. The molecule has 450 valence electrons. The molecule has 1 unspecified atom stereocenters. The third-order valence-corrected chi connectivity index (χ3v) is 12.6. The topological polar surface area (TPSA) is 78.9 Å². The molecule has 0 aromatic heterocycles. The molecule has 0 N–H and O–H groups in total. The monoisotopic (exact) mass is 1110 g/mol. The minimum absolute atomic E-state index is 0.124. The Kier molecular flexibility index (Phi) is 62.0. The van der Waals surface area contributed by atoms with Crippen molar-refractivity contribution in [3.8, 4) is 0 Å². The first kappa shape index (κ1) is 75.2. The molecule has 81 heavy (non-hydrogen) atoms. The van der Waals surface area contributed by atoms with Gasteiger partial charge in [0.2, 0.25) is 0 Å². The van der Waals surface area contributed by atoms with Crippen LogP contribution in [0, 0.1) is 0 Å². The highest BCUT2D eigenvalue weighted by atomic mass is 16.6. The van der Waals surface area contributed by atoms with E-state index in [9.17, 15) is 14.4 Å². The molecule has 0 bridgehead atoms. The van der Waals surface area contributed by atoms with Crippen LogP contribution in [0.2, 0.25) is 0 Å². The lowest BCUT2D eigenvalue weighted by Gasteiger charge is -2.18. The Morgan fingerprint density at radius 2 is 0.469 bits per heavy atom. The largest absolute Gasteiger partial charge is 0.462 e. The molecule has 0 spiro atoms. The zero-order valence-electron chi connectivity index (χ0n) is 51.5. The van der Waals surface area contributed by atoms with Crippen molar-refractivity contribution in [2.24, 2.45) is 0 Å². The lowest BCUT2D eigenvalue weighted by atomic mass is 10.1. The highest BCUT2D eigenvalue weighted by molar-refractivity contribution is 5.71. The summed E-state index contributed by atoms with van der Waals surface area (Å²) >= 11 is 0. The second-order valence-electron chi connectivity index (χ2n) is 20.2. The molecule has 0 aliphatic heterocycles. The lowest BCUT2D eigenvalue weighted by Crippen LogP contribution is -2.30. The van der Waals surface area contributed by atoms with Crippen LogP contribution >= 0.6 is 0 Å². The molecule has 0 heterocycles. The number of esters is 3.